The Labute approximate surface area is 101 Å². The van der Waals surface area contributed by atoms with Crippen LogP contribution in [-0.4, -0.2) is 18.7 Å². The van der Waals surface area contributed by atoms with Gasteiger partial charge < -0.3 is 10.1 Å². The molecule has 0 saturated carbocycles. The lowest BCUT2D eigenvalue weighted by atomic mass is 10.1. The van der Waals surface area contributed by atoms with E-state index in [2.05, 4.69) is 12.2 Å². The smallest absolute Gasteiger partial charge is 0.165 e. The first-order valence-corrected chi connectivity index (χ1v) is 5.79. The van der Waals surface area contributed by atoms with Crippen LogP contribution in [0.2, 0.25) is 0 Å². The lowest BCUT2D eigenvalue weighted by Gasteiger charge is -2.27. The van der Waals surface area contributed by atoms with Crippen LogP contribution in [0.1, 0.15) is 27.2 Å². The van der Waals surface area contributed by atoms with Gasteiger partial charge in [0, 0.05) is 12.6 Å². The molecule has 1 aromatic rings. The molecule has 17 heavy (non-hydrogen) atoms. The Morgan fingerprint density at radius 3 is 2.65 bits per heavy atom. The monoisotopic (exact) mass is 243 g/mol. The number of rotatable bonds is 6. The second-order valence-corrected chi connectivity index (χ2v) is 4.61. The largest absolute Gasteiger partial charge is 0.483 e. The van der Waals surface area contributed by atoms with E-state index in [0.717, 1.165) is 31.2 Å². The average Bonchev–Trinajstić information content (AvgIpc) is 2.23. The van der Waals surface area contributed by atoms with Crippen LogP contribution in [0.25, 0.3) is 0 Å². The maximum Gasteiger partial charge on any atom is 0.165 e. The molecule has 2 nitrogen and oxygen atoms in total. The fourth-order valence-electron chi connectivity index (χ4n) is 1.46. The SMILES string of the molecule is CCCNCC(C)(C)Oc1cc(F)ccc1F. The van der Waals surface area contributed by atoms with E-state index in [9.17, 15) is 8.78 Å². The predicted octanol–water partition coefficient (Wildman–Crippen LogP) is 3.12. The molecule has 1 rings (SSSR count). The molecule has 0 saturated heterocycles. The van der Waals surface area contributed by atoms with Crippen LogP contribution in [0.5, 0.6) is 5.75 Å². The standard InChI is InChI=1S/C13H19F2NO/c1-4-7-16-9-13(2,3)17-12-8-10(14)5-6-11(12)15/h5-6,8,16H,4,7,9H2,1-3H3. The maximum absolute atomic E-state index is 13.4. The summed E-state index contributed by atoms with van der Waals surface area (Å²) in [6.45, 7) is 7.18. The van der Waals surface area contributed by atoms with E-state index in [0.29, 0.717) is 6.54 Å². The molecule has 1 aromatic carbocycles. The Morgan fingerprint density at radius 2 is 2.00 bits per heavy atom. The van der Waals surface area contributed by atoms with Gasteiger partial charge in [-0.05, 0) is 38.9 Å². The highest BCUT2D eigenvalue weighted by atomic mass is 19.1. The maximum atomic E-state index is 13.4. The summed E-state index contributed by atoms with van der Waals surface area (Å²) in [5, 5.41) is 3.19. The molecular weight excluding hydrogens is 224 g/mol. The first-order valence-electron chi connectivity index (χ1n) is 5.79. The Morgan fingerprint density at radius 1 is 1.29 bits per heavy atom. The molecule has 0 unspecified atom stereocenters. The molecule has 4 heteroatoms. The van der Waals surface area contributed by atoms with E-state index in [1.807, 2.05) is 13.8 Å². The molecule has 0 aromatic heterocycles. The Bertz CT molecular complexity index is 366. The normalized spacial score (nSPS) is 11.6. The van der Waals surface area contributed by atoms with Gasteiger partial charge in [-0.15, -0.1) is 0 Å². The molecule has 0 fully saturated rings. The zero-order valence-electron chi connectivity index (χ0n) is 10.5. The minimum absolute atomic E-state index is 0.0479. The fourth-order valence-corrected chi connectivity index (χ4v) is 1.46. The molecule has 96 valence electrons. The molecule has 0 aliphatic heterocycles. The van der Waals surface area contributed by atoms with Crippen LogP contribution in [0.3, 0.4) is 0 Å². The van der Waals surface area contributed by atoms with Crippen molar-refractivity contribution in [3.05, 3.63) is 29.8 Å². The molecule has 0 atom stereocenters. The molecule has 0 spiro atoms. The summed E-state index contributed by atoms with van der Waals surface area (Å²) in [6.07, 6.45) is 1.02. The third-order valence-corrected chi connectivity index (χ3v) is 2.26. The molecule has 0 radical (unpaired) electrons. The summed E-state index contributed by atoms with van der Waals surface area (Å²) in [4.78, 5) is 0. The molecule has 0 aliphatic rings. The van der Waals surface area contributed by atoms with Crippen LogP contribution in [-0.2, 0) is 0 Å². The summed E-state index contributed by atoms with van der Waals surface area (Å²) in [5.74, 6) is -1.10. The van der Waals surface area contributed by atoms with Gasteiger partial charge in [0.25, 0.3) is 0 Å². The zero-order chi connectivity index (χ0) is 12.9. The Hall–Kier alpha value is -1.16. The van der Waals surface area contributed by atoms with Crippen LogP contribution in [0.15, 0.2) is 18.2 Å². The predicted molar refractivity (Wildman–Crippen MR) is 64.2 cm³/mol. The van der Waals surface area contributed by atoms with E-state index in [-0.39, 0.29) is 5.75 Å². The molecule has 0 amide bonds. The summed E-state index contributed by atoms with van der Waals surface area (Å²) in [6, 6.07) is 3.21. The van der Waals surface area contributed by atoms with Gasteiger partial charge >= 0.3 is 0 Å². The van der Waals surface area contributed by atoms with E-state index in [1.165, 1.54) is 0 Å². The van der Waals surface area contributed by atoms with Crippen molar-refractivity contribution in [1.29, 1.82) is 0 Å². The highest BCUT2D eigenvalue weighted by molar-refractivity contribution is 5.25. The zero-order valence-corrected chi connectivity index (χ0v) is 10.5. The van der Waals surface area contributed by atoms with Gasteiger partial charge in [-0.3, -0.25) is 0 Å². The van der Waals surface area contributed by atoms with Crippen LogP contribution in [0, 0.1) is 11.6 Å². The van der Waals surface area contributed by atoms with Crippen molar-refractivity contribution in [3.63, 3.8) is 0 Å². The minimum Gasteiger partial charge on any atom is -0.483 e. The van der Waals surface area contributed by atoms with E-state index < -0.39 is 17.2 Å². The quantitative estimate of drug-likeness (QED) is 0.775. The number of hydrogen-bond acceptors (Lipinski definition) is 2. The van der Waals surface area contributed by atoms with E-state index in [4.69, 9.17) is 4.74 Å². The van der Waals surface area contributed by atoms with Crippen molar-refractivity contribution >= 4 is 0 Å². The van der Waals surface area contributed by atoms with Crippen molar-refractivity contribution < 1.29 is 13.5 Å². The van der Waals surface area contributed by atoms with Crippen molar-refractivity contribution in [3.8, 4) is 5.75 Å². The number of benzene rings is 1. The summed E-state index contributed by atoms with van der Waals surface area (Å²) >= 11 is 0. The van der Waals surface area contributed by atoms with Gasteiger partial charge in [-0.25, -0.2) is 8.78 Å². The fraction of sp³-hybridized carbons (Fsp3) is 0.538. The lowest BCUT2D eigenvalue weighted by Crippen LogP contribution is -2.40. The number of halogens is 2. The summed E-state index contributed by atoms with van der Waals surface area (Å²) < 4.78 is 31.8. The van der Waals surface area contributed by atoms with Crippen molar-refractivity contribution in [2.24, 2.45) is 0 Å². The third kappa shape index (κ3) is 4.69. The first kappa shape index (κ1) is 13.9. The van der Waals surface area contributed by atoms with Gasteiger partial charge in [0.15, 0.2) is 11.6 Å². The third-order valence-electron chi connectivity index (χ3n) is 2.26. The van der Waals surface area contributed by atoms with Gasteiger partial charge in [-0.1, -0.05) is 6.92 Å². The molecular formula is C13H19F2NO. The van der Waals surface area contributed by atoms with Crippen molar-refractivity contribution in [2.45, 2.75) is 32.8 Å². The second kappa shape index (κ2) is 5.96. The molecule has 0 heterocycles. The van der Waals surface area contributed by atoms with Crippen molar-refractivity contribution in [2.75, 3.05) is 13.1 Å². The van der Waals surface area contributed by atoms with E-state index >= 15 is 0 Å². The molecule has 0 aliphatic carbocycles. The summed E-state index contributed by atoms with van der Waals surface area (Å²) in [7, 11) is 0. The number of nitrogens with one attached hydrogen (secondary N) is 1. The highest BCUT2D eigenvalue weighted by Crippen LogP contribution is 2.22. The first-order chi connectivity index (χ1) is 7.94. The van der Waals surface area contributed by atoms with Gasteiger partial charge in [0.2, 0.25) is 0 Å². The van der Waals surface area contributed by atoms with E-state index in [1.54, 1.807) is 0 Å². The van der Waals surface area contributed by atoms with Gasteiger partial charge in [0.1, 0.15) is 11.4 Å². The van der Waals surface area contributed by atoms with Gasteiger partial charge in [0.05, 0.1) is 0 Å². The van der Waals surface area contributed by atoms with Crippen molar-refractivity contribution in [1.82, 2.24) is 5.32 Å². The molecule has 1 N–H and O–H groups in total. The Balaban J connectivity index is 2.65. The number of ether oxygens (including phenoxy) is 1. The average molecular weight is 243 g/mol. The summed E-state index contributed by atoms with van der Waals surface area (Å²) in [5.41, 5.74) is -0.580. The lowest BCUT2D eigenvalue weighted by molar-refractivity contribution is 0.102. The van der Waals surface area contributed by atoms with Gasteiger partial charge in [-0.2, -0.15) is 0 Å². The molecule has 0 bridgehead atoms. The van der Waals surface area contributed by atoms with Crippen LogP contribution in [0.4, 0.5) is 8.78 Å². The highest BCUT2D eigenvalue weighted by Gasteiger charge is 2.21. The topological polar surface area (TPSA) is 21.3 Å². The number of hydrogen-bond donors (Lipinski definition) is 1. The Kier molecular flexibility index (Phi) is 4.87. The second-order valence-electron chi connectivity index (χ2n) is 4.61. The minimum atomic E-state index is -0.580. The van der Waals surface area contributed by atoms with Crippen LogP contribution >= 0.6 is 0 Å². The van der Waals surface area contributed by atoms with Crippen LogP contribution < -0.4 is 10.1 Å².